The van der Waals surface area contributed by atoms with Crippen molar-refractivity contribution in [3.63, 3.8) is 0 Å². The van der Waals surface area contributed by atoms with Gasteiger partial charge in [0.2, 0.25) is 0 Å². The van der Waals surface area contributed by atoms with Gasteiger partial charge in [-0.2, -0.15) is 0 Å². The Bertz CT molecular complexity index is 89.6. The summed E-state index contributed by atoms with van der Waals surface area (Å²) in [6.45, 7) is 2.97. The summed E-state index contributed by atoms with van der Waals surface area (Å²) in [5, 5.41) is 0. The number of rotatable bonds is 11. The molecule has 0 spiro atoms. The quantitative estimate of drug-likeness (QED) is 0.500. The van der Waals surface area contributed by atoms with Crippen LogP contribution in [0.2, 0.25) is 0 Å². The molecule has 0 atom stereocenters. The van der Waals surface area contributed by atoms with Crippen LogP contribution < -0.4 is 6.15 Å². The van der Waals surface area contributed by atoms with Crippen molar-refractivity contribution in [2.24, 2.45) is 0 Å². The second kappa shape index (κ2) is 16.6. The molecule has 0 aromatic carbocycles. The fourth-order valence-corrected chi connectivity index (χ4v) is 1.75. The van der Waals surface area contributed by atoms with Crippen LogP contribution >= 0.6 is 11.9 Å². The van der Waals surface area contributed by atoms with Crippen molar-refractivity contribution in [2.45, 2.75) is 71.1 Å². The van der Waals surface area contributed by atoms with E-state index < -0.39 is 0 Å². The number of unbranched alkanes of at least 4 members (excludes halogenated alkanes) is 9. The summed E-state index contributed by atoms with van der Waals surface area (Å²) < 4.78 is 4.49. The van der Waals surface area contributed by atoms with E-state index in [4.69, 9.17) is 11.9 Å². The lowest BCUT2D eigenvalue weighted by Crippen LogP contribution is -1.85. The third-order valence-electron chi connectivity index (χ3n) is 2.58. The molecule has 0 fully saturated rings. The molecule has 0 aliphatic heterocycles. The fourth-order valence-electron chi connectivity index (χ4n) is 1.64. The molecule has 0 rings (SSSR count). The van der Waals surface area contributed by atoms with E-state index in [-0.39, 0.29) is 6.15 Å². The maximum Gasteiger partial charge on any atom is 0.0682 e. The molecule has 0 saturated carbocycles. The summed E-state index contributed by atoms with van der Waals surface area (Å²) in [5.74, 6) is 0. The lowest BCUT2D eigenvalue weighted by atomic mass is 10.1. The van der Waals surface area contributed by atoms with Gasteiger partial charge in [-0.3, -0.25) is 4.29 Å². The standard InChI is InChI=1S/C12H25ClO.H3N/c1-2-3-4-5-6-7-8-9-10-11-12-14-13;/h2-12H2,1H3;1H3. The highest BCUT2D eigenvalue weighted by Gasteiger charge is 1.92. The van der Waals surface area contributed by atoms with Gasteiger partial charge in [-0.15, -0.1) is 0 Å². The molecule has 94 valence electrons. The van der Waals surface area contributed by atoms with E-state index in [1.165, 1.54) is 57.8 Å². The Balaban J connectivity index is 0. The lowest BCUT2D eigenvalue weighted by Gasteiger charge is -2.01. The molecule has 0 aliphatic carbocycles. The van der Waals surface area contributed by atoms with Gasteiger partial charge in [-0.25, -0.2) is 0 Å². The highest BCUT2D eigenvalue weighted by atomic mass is 35.5. The van der Waals surface area contributed by atoms with E-state index in [1.807, 2.05) is 0 Å². The molecule has 0 aromatic rings. The smallest absolute Gasteiger partial charge is 0.0682 e. The van der Waals surface area contributed by atoms with Crippen molar-refractivity contribution < 1.29 is 4.29 Å². The summed E-state index contributed by atoms with van der Waals surface area (Å²) >= 11 is 5.11. The molecule has 0 heterocycles. The summed E-state index contributed by atoms with van der Waals surface area (Å²) in [4.78, 5) is 0. The van der Waals surface area contributed by atoms with E-state index in [0.717, 1.165) is 6.42 Å². The van der Waals surface area contributed by atoms with Crippen LogP contribution in [0.3, 0.4) is 0 Å². The third-order valence-corrected chi connectivity index (χ3v) is 2.73. The SMILES string of the molecule is CCCCCCCCCCCCOCl.N. The van der Waals surface area contributed by atoms with Crippen LogP contribution in [0.5, 0.6) is 0 Å². The van der Waals surface area contributed by atoms with Crippen molar-refractivity contribution in [3.8, 4) is 0 Å². The molecule has 0 unspecified atom stereocenters. The zero-order valence-electron chi connectivity index (χ0n) is 10.3. The Kier molecular flexibility index (Phi) is 19.5. The first-order valence-corrected chi connectivity index (χ1v) is 6.46. The van der Waals surface area contributed by atoms with Crippen LogP contribution in [0, 0.1) is 0 Å². The molecular formula is C12H28ClNO. The molecule has 0 aromatic heterocycles. The molecular weight excluding hydrogens is 210 g/mol. The second-order valence-corrected chi connectivity index (χ2v) is 4.21. The predicted molar refractivity (Wildman–Crippen MR) is 68.7 cm³/mol. The minimum atomic E-state index is 0. The molecule has 2 nitrogen and oxygen atoms in total. The van der Waals surface area contributed by atoms with Gasteiger partial charge in [0.1, 0.15) is 0 Å². The zero-order valence-corrected chi connectivity index (χ0v) is 11.0. The average Bonchev–Trinajstić information content (AvgIpc) is 2.21. The Morgan fingerprint density at radius 3 is 1.53 bits per heavy atom. The maximum atomic E-state index is 5.11. The second-order valence-electron chi connectivity index (χ2n) is 4.00. The van der Waals surface area contributed by atoms with Crippen molar-refractivity contribution in [1.82, 2.24) is 6.15 Å². The van der Waals surface area contributed by atoms with Gasteiger partial charge in [-0.1, -0.05) is 64.7 Å². The summed E-state index contributed by atoms with van der Waals surface area (Å²) in [5.41, 5.74) is 0. The lowest BCUT2D eigenvalue weighted by molar-refractivity contribution is 0.334. The minimum absolute atomic E-state index is 0. The Morgan fingerprint density at radius 1 is 0.733 bits per heavy atom. The summed E-state index contributed by atoms with van der Waals surface area (Å²) in [7, 11) is 0. The maximum absolute atomic E-state index is 5.11. The summed E-state index contributed by atoms with van der Waals surface area (Å²) in [6.07, 6.45) is 13.5. The minimum Gasteiger partial charge on any atom is -0.344 e. The van der Waals surface area contributed by atoms with Crippen molar-refractivity contribution >= 4 is 11.9 Å². The van der Waals surface area contributed by atoms with E-state index in [0.29, 0.717) is 6.61 Å². The molecule has 0 radical (unpaired) electrons. The number of hydrogen-bond donors (Lipinski definition) is 1. The first kappa shape index (κ1) is 17.6. The first-order chi connectivity index (χ1) is 6.91. The number of hydrogen-bond acceptors (Lipinski definition) is 2. The van der Waals surface area contributed by atoms with Crippen LogP contribution in [-0.2, 0) is 4.29 Å². The van der Waals surface area contributed by atoms with E-state index in [2.05, 4.69) is 11.2 Å². The highest BCUT2D eigenvalue weighted by Crippen LogP contribution is 2.10. The van der Waals surface area contributed by atoms with Crippen LogP contribution in [0.4, 0.5) is 0 Å². The van der Waals surface area contributed by atoms with Crippen LogP contribution in [0.25, 0.3) is 0 Å². The molecule has 0 bridgehead atoms. The normalized spacial score (nSPS) is 10.0. The van der Waals surface area contributed by atoms with E-state index >= 15 is 0 Å². The summed E-state index contributed by atoms with van der Waals surface area (Å²) in [6, 6.07) is 0. The van der Waals surface area contributed by atoms with Crippen LogP contribution in [-0.4, -0.2) is 6.61 Å². The first-order valence-electron chi connectivity index (χ1n) is 6.15. The van der Waals surface area contributed by atoms with Gasteiger partial charge in [0.25, 0.3) is 0 Å². The van der Waals surface area contributed by atoms with Gasteiger partial charge < -0.3 is 6.15 Å². The molecule has 3 heteroatoms. The zero-order chi connectivity index (χ0) is 10.5. The van der Waals surface area contributed by atoms with Gasteiger partial charge in [-0.05, 0) is 6.42 Å². The molecule has 0 saturated heterocycles. The molecule has 0 amide bonds. The van der Waals surface area contributed by atoms with Crippen LogP contribution in [0.1, 0.15) is 71.1 Å². The third kappa shape index (κ3) is 16.9. The highest BCUT2D eigenvalue weighted by molar-refractivity contribution is 6.07. The monoisotopic (exact) mass is 237 g/mol. The van der Waals surface area contributed by atoms with Crippen LogP contribution in [0.15, 0.2) is 0 Å². The molecule has 15 heavy (non-hydrogen) atoms. The van der Waals surface area contributed by atoms with Crippen molar-refractivity contribution in [1.29, 1.82) is 0 Å². The Morgan fingerprint density at radius 2 is 1.13 bits per heavy atom. The van der Waals surface area contributed by atoms with E-state index in [9.17, 15) is 0 Å². The van der Waals surface area contributed by atoms with Crippen molar-refractivity contribution in [2.75, 3.05) is 6.61 Å². The van der Waals surface area contributed by atoms with Gasteiger partial charge in [0.05, 0.1) is 18.5 Å². The number of halogens is 1. The predicted octanol–water partition coefficient (Wildman–Crippen LogP) is 5.24. The average molecular weight is 238 g/mol. The van der Waals surface area contributed by atoms with Gasteiger partial charge in [0, 0.05) is 0 Å². The van der Waals surface area contributed by atoms with Crippen molar-refractivity contribution in [3.05, 3.63) is 0 Å². The van der Waals surface area contributed by atoms with E-state index in [1.54, 1.807) is 0 Å². The molecule has 0 aliphatic rings. The topological polar surface area (TPSA) is 44.2 Å². The van der Waals surface area contributed by atoms with Gasteiger partial charge in [0.15, 0.2) is 0 Å². The molecule has 3 N–H and O–H groups in total. The fraction of sp³-hybridized carbons (Fsp3) is 1.00. The Hall–Kier alpha value is 0.210. The van der Waals surface area contributed by atoms with Gasteiger partial charge >= 0.3 is 0 Å². The Labute approximate surface area is 100 Å². The largest absolute Gasteiger partial charge is 0.344 e.